The van der Waals surface area contributed by atoms with Gasteiger partial charge in [-0.1, -0.05) is 17.7 Å². The Labute approximate surface area is 148 Å². The summed E-state index contributed by atoms with van der Waals surface area (Å²) in [5, 5.41) is 3.02. The molecule has 2 aliphatic heterocycles. The number of amides is 1. The monoisotopic (exact) mass is 364 g/mol. The van der Waals surface area contributed by atoms with E-state index in [4.69, 9.17) is 4.74 Å². The van der Waals surface area contributed by atoms with Gasteiger partial charge in [0.25, 0.3) is 0 Å². The quantitative estimate of drug-likeness (QED) is 0.877. The number of carbonyl (C=O) groups excluding carboxylic acids is 1. The fourth-order valence-corrected chi connectivity index (χ4v) is 5.97. The predicted molar refractivity (Wildman–Crippen MR) is 92.5 cm³/mol. The van der Waals surface area contributed by atoms with Crippen LogP contribution in [0, 0.1) is 12.8 Å². The van der Waals surface area contributed by atoms with Crippen molar-refractivity contribution in [1.82, 2.24) is 9.62 Å². The van der Waals surface area contributed by atoms with Crippen LogP contribution in [0.5, 0.6) is 0 Å². The normalized spacial score (nSPS) is 32.2. The summed E-state index contributed by atoms with van der Waals surface area (Å²) in [7, 11) is -3.52. The first-order chi connectivity index (χ1) is 12.0. The van der Waals surface area contributed by atoms with Crippen molar-refractivity contribution in [2.75, 3.05) is 13.2 Å². The van der Waals surface area contributed by atoms with Gasteiger partial charge in [0, 0.05) is 25.2 Å². The van der Waals surface area contributed by atoms with Crippen LogP contribution in [-0.4, -0.2) is 50.0 Å². The average Bonchev–Trinajstić information content (AvgIpc) is 3.21. The van der Waals surface area contributed by atoms with Crippen LogP contribution in [0.2, 0.25) is 0 Å². The van der Waals surface area contributed by atoms with E-state index in [2.05, 4.69) is 5.32 Å². The van der Waals surface area contributed by atoms with E-state index in [0.29, 0.717) is 24.0 Å². The summed E-state index contributed by atoms with van der Waals surface area (Å²) >= 11 is 0. The van der Waals surface area contributed by atoms with Gasteiger partial charge in [-0.15, -0.1) is 0 Å². The van der Waals surface area contributed by atoms with Crippen LogP contribution in [0.15, 0.2) is 29.2 Å². The second kappa shape index (κ2) is 6.37. The number of fused-ring (bicyclic) bond motifs is 1. The van der Waals surface area contributed by atoms with Crippen molar-refractivity contribution < 1.29 is 17.9 Å². The molecular weight excluding hydrogens is 340 g/mol. The summed E-state index contributed by atoms with van der Waals surface area (Å²) in [5.41, 5.74) is 1.03. The molecule has 3 fully saturated rings. The molecule has 4 atom stereocenters. The molecule has 3 aliphatic rings. The summed E-state index contributed by atoms with van der Waals surface area (Å²) in [5.74, 6) is 0.246. The number of nitrogens with zero attached hydrogens (tertiary/aromatic N) is 1. The molecule has 1 aromatic carbocycles. The van der Waals surface area contributed by atoms with Crippen LogP contribution in [0.25, 0.3) is 0 Å². The summed E-state index contributed by atoms with van der Waals surface area (Å²) < 4.78 is 33.0. The average molecular weight is 364 g/mol. The van der Waals surface area contributed by atoms with Crippen LogP contribution in [0.4, 0.5) is 0 Å². The topological polar surface area (TPSA) is 75.7 Å². The summed E-state index contributed by atoms with van der Waals surface area (Å²) in [6, 6.07) is 6.73. The number of hydrogen-bond acceptors (Lipinski definition) is 4. The Morgan fingerprint density at radius 3 is 2.68 bits per heavy atom. The number of aryl methyl sites for hydroxylation is 1. The van der Waals surface area contributed by atoms with Crippen molar-refractivity contribution >= 4 is 15.9 Å². The molecular formula is C18H24N2O4S. The molecule has 136 valence electrons. The van der Waals surface area contributed by atoms with Gasteiger partial charge in [0.2, 0.25) is 15.9 Å². The Balaban J connectivity index is 1.49. The van der Waals surface area contributed by atoms with Gasteiger partial charge in [-0.05, 0) is 50.7 Å². The third-order valence-corrected chi connectivity index (χ3v) is 7.59. The number of sulfonamides is 1. The minimum absolute atomic E-state index is 0.0967. The van der Waals surface area contributed by atoms with Gasteiger partial charge < -0.3 is 10.1 Å². The van der Waals surface area contributed by atoms with Crippen molar-refractivity contribution in [3.05, 3.63) is 29.8 Å². The maximum absolute atomic E-state index is 13.0. The zero-order valence-electron chi connectivity index (χ0n) is 14.3. The molecule has 6 nitrogen and oxygen atoms in total. The third-order valence-electron chi connectivity index (χ3n) is 5.68. The molecule has 1 aromatic rings. The van der Waals surface area contributed by atoms with Gasteiger partial charge in [-0.25, -0.2) is 8.42 Å². The van der Waals surface area contributed by atoms with Crippen molar-refractivity contribution in [1.29, 1.82) is 0 Å². The lowest BCUT2D eigenvalue weighted by molar-refractivity contribution is -0.132. The highest BCUT2D eigenvalue weighted by Gasteiger charge is 2.53. The second-order valence-electron chi connectivity index (χ2n) is 7.32. The van der Waals surface area contributed by atoms with Crippen molar-refractivity contribution in [2.24, 2.45) is 5.92 Å². The molecule has 1 aliphatic carbocycles. The van der Waals surface area contributed by atoms with E-state index in [1.165, 1.54) is 0 Å². The van der Waals surface area contributed by atoms with Crippen molar-refractivity contribution in [2.45, 2.75) is 55.7 Å². The predicted octanol–water partition coefficient (Wildman–Crippen LogP) is 1.44. The molecule has 1 unspecified atom stereocenters. The lowest BCUT2D eigenvalue weighted by Crippen LogP contribution is -2.61. The van der Waals surface area contributed by atoms with E-state index in [1.807, 2.05) is 19.1 Å². The second-order valence-corrected chi connectivity index (χ2v) is 9.21. The van der Waals surface area contributed by atoms with Crippen LogP contribution < -0.4 is 5.32 Å². The highest BCUT2D eigenvalue weighted by molar-refractivity contribution is 7.89. The number of benzene rings is 1. The number of nitrogens with one attached hydrogen (secondary N) is 1. The number of hydrogen-bond donors (Lipinski definition) is 1. The summed E-state index contributed by atoms with van der Waals surface area (Å²) in [6.45, 7) is 3.09. The Morgan fingerprint density at radius 1 is 1.24 bits per heavy atom. The highest BCUT2D eigenvalue weighted by Crippen LogP contribution is 2.43. The Hall–Kier alpha value is -1.44. The third kappa shape index (κ3) is 2.98. The number of ether oxygens (including phenoxy) is 1. The zero-order valence-corrected chi connectivity index (χ0v) is 15.2. The number of rotatable bonds is 4. The molecule has 1 N–H and O–H groups in total. The van der Waals surface area contributed by atoms with Gasteiger partial charge in [-0.2, -0.15) is 4.31 Å². The van der Waals surface area contributed by atoms with E-state index in [0.717, 1.165) is 31.2 Å². The summed E-state index contributed by atoms with van der Waals surface area (Å²) in [6.07, 6.45) is 2.99. The van der Waals surface area contributed by atoms with Crippen molar-refractivity contribution in [3.63, 3.8) is 0 Å². The Bertz CT molecular complexity index is 756. The van der Waals surface area contributed by atoms with Crippen LogP contribution in [-0.2, 0) is 19.6 Å². The lowest BCUT2D eigenvalue weighted by atomic mass is 9.75. The standard InChI is InChI=1S/C18H24N2O4S/c1-12-4-6-14(7-5-12)25(22,23)20-9-8-13-11-15(17(13)20)19-18(21)16-3-2-10-24-16/h4-7,13,15-17H,2-3,8-11H2,1H3,(H,19,21)/t13-,15+,16?,17-/m1/s1. The number of carbonyl (C=O) groups is 1. The van der Waals surface area contributed by atoms with E-state index in [9.17, 15) is 13.2 Å². The molecule has 0 bridgehead atoms. The van der Waals surface area contributed by atoms with Crippen molar-refractivity contribution in [3.8, 4) is 0 Å². The molecule has 2 heterocycles. The Morgan fingerprint density at radius 2 is 2.00 bits per heavy atom. The minimum atomic E-state index is -3.52. The molecule has 0 radical (unpaired) electrons. The zero-order chi connectivity index (χ0) is 17.6. The molecule has 0 aromatic heterocycles. The van der Waals surface area contributed by atoms with Crippen LogP contribution in [0.1, 0.15) is 31.2 Å². The van der Waals surface area contributed by atoms with Gasteiger partial charge in [0.15, 0.2) is 0 Å². The van der Waals surface area contributed by atoms with E-state index < -0.39 is 10.0 Å². The molecule has 7 heteroatoms. The maximum atomic E-state index is 13.0. The molecule has 1 saturated carbocycles. The highest BCUT2D eigenvalue weighted by atomic mass is 32.2. The summed E-state index contributed by atoms with van der Waals surface area (Å²) in [4.78, 5) is 12.6. The first-order valence-electron chi connectivity index (χ1n) is 8.97. The molecule has 2 saturated heterocycles. The van der Waals surface area contributed by atoms with E-state index in [1.54, 1.807) is 16.4 Å². The maximum Gasteiger partial charge on any atom is 0.249 e. The Kier molecular flexibility index (Phi) is 4.33. The fraction of sp³-hybridized carbons (Fsp3) is 0.611. The largest absolute Gasteiger partial charge is 0.368 e. The van der Waals surface area contributed by atoms with Gasteiger partial charge in [-0.3, -0.25) is 4.79 Å². The SMILES string of the molecule is Cc1ccc(S(=O)(=O)N2CC[C@@H]3C[C@H](NC(=O)C4CCCO4)[C@@H]32)cc1. The van der Waals surface area contributed by atoms with Crippen LogP contribution >= 0.6 is 0 Å². The minimum Gasteiger partial charge on any atom is -0.368 e. The lowest BCUT2D eigenvalue weighted by Gasteiger charge is -2.44. The molecule has 4 rings (SSSR count). The van der Waals surface area contributed by atoms with Gasteiger partial charge >= 0.3 is 0 Å². The molecule has 25 heavy (non-hydrogen) atoms. The molecule has 0 spiro atoms. The van der Waals surface area contributed by atoms with Gasteiger partial charge in [0.05, 0.1) is 4.90 Å². The first kappa shape index (κ1) is 17.0. The fourth-order valence-electron chi connectivity index (χ4n) is 4.23. The smallest absolute Gasteiger partial charge is 0.249 e. The van der Waals surface area contributed by atoms with E-state index >= 15 is 0 Å². The van der Waals surface area contributed by atoms with E-state index in [-0.39, 0.29) is 24.1 Å². The van der Waals surface area contributed by atoms with Crippen LogP contribution in [0.3, 0.4) is 0 Å². The van der Waals surface area contributed by atoms with Gasteiger partial charge in [0.1, 0.15) is 6.10 Å². The first-order valence-corrected chi connectivity index (χ1v) is 10.4. The molecule has 1 amide bonds.